The molecule has 0 amide bonds. The third-order valence-electron chi connectivity index (χ3n) is 3.51. The Hall–Kier alpha value is -0.980. The first-order chi connectivity index (χ1) is 10.2. The lowest BCUT2D eigenvalue weighted by Gasteiger charge is -2.21. The lowest BCUT2D eigenvalue weighted by molar-refractivity contribution is -0.0527. The molecule has 2 rings (SSSR count). The number of nitrogens with one attached hydrogen (secondary N) is 1. The quantitative estimate of drug-likeness (QED) is 0.750. The number of hydrogen-bond donors (Lipinski definition) is 1. The summed E-state index contributed by atoms with van der Waals surface area (Å²) in [6.45, 7) is 9.87. The van der Waals surface area contributed by atoms with Gasteiger partial charge in [0.1, 0.15) is 12.2 Å². The molecule has 21 heavy (non-hydrogen) atoms. The Morgan fingerprint density at radius 1 is 1.38 bits per heavy atom. The van der Waals surface area contributed by atoms with E-state index in [1.54, 1.807) is 6.33 Å². The van der Waals surface area contributed by atoms with E-state index in [1.807, 2.05) is 4.68 Å². The van der Waals surface area contributed by atoms with Crippen LogP contribution in [0.4, 0.5) is 0 Å². The van der Waals surface area contributed by atoms with Crippen LogP contribution in [0.2, 0.25) is 0 Å². The Morgan fingerprint density at radius 2 is 2.14 bits per heavy atom. The first-order valence-electron chi connectivity index (χ1n) is 8.02. The Morgan fingerprint density at radius 3 is 2.81 bits per heavy atom. The van der Waals surface area contributed by atoms with Gasteiger partial charge in [0.15, 0.2) is 6.29 Å². The van der Waals surface area contributed by atoms with E-state index in [2.05, 4.69) is 36.2 Å². The summed E-state index contributed by atoms with van der Waals surface area (Å²) in [5.74, 6) is 1.60. The SMILES string of the molecule is CCCNC(Cc1ncnn1CC(C)C)CC1OCCO1. The number of aromatic nitrogens is 3. The van der Waals surface area contributed by atoms with Crippen molar-refractivity contribution in [2.75, 3.05) is 19.8 Å². The Labute approximate surface area is 127 Å². The van der Waals surface area contributed by atoms with Crippen LogP contribution >= 0.6 is 0 Å². The van der Waals surface area contributed by atoms with E-state index in [0.717, 1.165) is 38.2 Å². The molecule has 0 saturated carbocycles. The van der Waals surface area contributed by atoms with E-state index < -0.39 is 0 Å². The zero-order chi connectivity index (χ0) is 15.1. The molecule has 1 aromatic rings. The fourth-order valence-electron chi connectivity index (χ4n) is 2.53. The molecule has 0 radical (unpaired) electrons. The minimum atomic E-state index is -0.0826. The van der Waals surface area contributed by atoms with Crippen molar-refractivity contribution in [3.05, 3.63) is 12.2 Å². The van der Waals surface area contributed by atoms with E-state index in [-0.39, 0.29) is 6.29 Å². The number of rotatable bonds is 9. The smallest absolute Gasteiger partial charge is 0.159 e. The largest absolute Gasteiger partial charge is 0.350 e. The Balaban J connectivity index is 1.94. The van der Waals surface area contributed by atoms with Crippen molar-refractivity contribution < 1.29 is 9.47 Å². The Kier molecular flexibility index (Phi) is 6.60. The van der Waals surface area contributed by atoms with Gasteiger partial charge in [0.2, 0.25) is 0 Å². The molecule has 1 aliphatic rings. The van der Waals surface area contributed by atoms with Gasteiger partial charge in [-0.2, -0.15) is 5.10 Å². The van der Waals surface area contributed by atoms with Gasteiger partial charge in [0.05, 0.1) is 13.2 Å². The van der Waals surface area contributed by atoms with Crippen LogP contribution in [-0.4, -0.2) is 46.9 Å². The molecule has 0 spiro atoms. The van der Waals surface area contributed by atoms with Crippen LogP contribution in [0, 0.1) is 5.92 Å². The summed E-state index contributed by atoms with van der Waals surface area (Å²) >= 11 is 0. The van der Waals surface area contributed by atoms with Crippen molar-refractivity contribution in [3.8, 4) is 0 Å². The lowest BCUT2D eigenvalue weighted by Crippen LogP contribution is -2.36. The van der Waals surface area contributed by atoms with Crippen LogP contribution in [0.5, 0.6) is 0 Å². The molecular weight excluding hydrogens is 268 g/mol. The third kappa shape index (κ3) is 5.37. The lowest BCUT2D eigenvalue weighted by atomic mass is 10.1. The molecule has 0 aromatic carbocycles. The van der Waals surface area contributed by atoms with Crippen molar-refractivity contribution in [1.82, 2.24) is 20.1 Å². The molecule has 1 atom stereocenters. The molecule has 1 N–H and O–H groups in total. The molecule has 1 aliphatic heterocycles. The second-order valence-electron chi connectivity index (χ2n) is 6.01. The standard InChI is InChI=1S/C15H28N4O2/c1-4-5-16-13(9-15-20-6-7-21-15)8-14-17-11-18-19(14)10-12(2)3/h11-13,15-16H,4-10H2,1-3H3. The van der Waals surface area contributed by atoms with Crippen molar-refractivity contribution in [3.63, 3.8) is 0 Å². The van der Waals surface area contributed by atoms with Crippen molar-refractivity contribution in [1.29, 1.82) is 0 Å². The molecule has 1 saturated heterocycles. The highest BCUT2D eigenvalue weighted by atomic mass is 16.7. The van der Waals surface area contributed by atoms with Crippen LogP contribution in [0.25, 0.3) is 0 Å². The third-order valence-corrected chi connectivity index (χ3v) is 3.51. The predicted octanol–water partition coefficient (Wildman–Crippen LogP) is 1.61. The van der Waals surface area contributed by atoms with Crippen molar-refractivity contribution >= 4 is 0 Å². The normalized spacial score (nSPS) is 17.7. The van der Waals surface area contributed by atoms with E-state index in [1.165, 1.54) is 0 Å². The summed E-state index contributed by atoms with van der Waals surface area (Å²) in [7, 11) is 0. The first kappa shape index (κ1) is 16.4. The Bertz CT molecular complexity index is 402. The maximum absolute atomic E-state index is 5.57. The van der Waals surface area contributed by atoms with E-state index in [0.29, 0.717) is 25.2 Å². The number of nitrogens with zero attached hydrogens (tertiary/aromatic N) is 3. The van der Waals surface area contributed by atoms with Gasteiger partial charge in [-0.3, -0.25) is 0 Å². The molecule has 6 nitrogen and oxygen atoms in total. The zero-order valence-electron chi connectivity index (χ0n) is 13.4. The van der Waals surface area contributed by atoms with Gasteiger partial charge in [-0.25, -0.2) is 9.67 Å². The van der Waals surface area contributed by atoms with Gasteiger partial charge in [-0.05, 0) is 18.9 Å². The topological polar surface area (TPSA) is 61.2 Å². The maximum atomic E-state index is 5.57. The molecule has 1 aromatic heterocycles. The summed E-state index contributed by atoms with van der Waals surface area (Å²) in [4.78, 5) is 4.42. The van der Waals surface area contributed by atoms with E-state index in [4.69, 9.17) is 9.47 Å². The molecule has 2 heterocycles. The van der Waals surface area contributed by atoms with Crippen LogP contribution in [0.15, 0.2) is 6.33 Å². The summed E-state index contributed by atoms with van der Waals surface area (Å²) in [5.41, 5.74) is 0. The second-order valence-corrected chi connectivity index (χ2v) is 6.01. The second kappa shape index (κ2) is 8.46. The monoisotopic (exact) mass is 296 g/mol. The average Bonchev–Trinajstić information content (AvgIpc) is 3.08. The van der Waals surface area contributed by atoms with Crippen molar-refractivity contribution in [2.24, 2.45) is 5.92 Å². The molecule has 0 bridgehead atoms. The van der Waals surface area contributed by atoms with Gasteiger partial charge in [-0.1, -0.05) is 20.8 Å². The van der Waals surface area contributed by atoms with Crippen LogP contribution in [0.3, 0.4) is 0 Å². The van der Waals surface area contributed by atoms with Crippen molar-refractivity contribution in [2.45, 2.75) is 58.9 Å². The summed E-state index contributed by atoms with van der Waals surface area (Å²) in [6.07, 6.45) is 4.39. The first-order valence-corrected chi connectivity index (χ1v) is 8.02. The summed E-state index contributed by atoms with van der Waals surface area (Å²) in [5, 5.41) is 7.91. The van der Waals surface area contributed by atoms with Gasteiger partial charge in [0.25, 0.3) is 0 Å². The van der Waals surface area contributed by atoms with Gasteiger partial charge in [0, 0.05) is 25.4 Å². The average molecular weight is 296 g/mol. The molecule has 1 fully saturated rings. The minimum Gasteiger partial charge on any atom is -0.350 e. The van der Waals surface area contributed by atoms with Gasteiger partial charge < -0.3 is 14.8 Å². The molecular formula is C15H28N4O2. The van der Waals surface area contributed by atoms with E-state index >= 15 is 0 Å². The number of hydrogen-bond acceptors (Lipinski definition) is 5. The number of ether oxygens (including phenoxy) is 2. The maximum Gasteiger partial charge on any atom is 0.159 e. The fraction of sp³-hybridized carbons (Fsp3) is 0.867. The van der Waals surface area contributed by atoms with Crippen LogP contribution < -0.4 is 5.32 Å². The highest BCUT2D eigenvalue weighted by Gasteiger charge is 2.22. The summed E-state index contributed by atoms with van der Waals surface area (Å²) < 4.78 is 13.2. The van der Waals surface area contributed by atoms with Crippen LogP contribution in [0.1, 0.15) is 39.4 Å². The van der Waals surface area contributed by atoms with E-state index in [9.17, 15) is 0 Å². The fourth-order valence-corrected chi connectivity index (χ4v) is 2.53. The van der Waals surface area contributed by atoms with Crippen LogP contribution in [-0.2, 0) is 22.4 Å². The molecule has 120 valence electrons. The predicted molar refractivity (Wildman–Crippen MR) is 81.0 cm³/mol. The highest BCUT2D eigenvalue weighted by Crippen LogP contribution is 2.14. The zero-order valence-corrected chi connectivity index (χ0v) is 13.4. The molecule has 0 aliphatic carbocycles. The van der Waals surface area contributed by atoms with Gasteiger partial charge in [-0.15, -0.1) is 0 Å². The molecule has 6 heteroatoms. The minimum absolute atomic E-state index is 0.0826. The van der Waals surface area contributed by atoms with Gasteiger partial charge >= 0.3 is 0 Å². The molecule has 1 unspecified atom stereocenters. The highest BCUT2D eigenvalue weighted by molar-refractivity contribution is 4.90. The summed E-state index contributed by atoms with van der Waals surface area (Å²) in [6, 6.07) is 0.308.